The van der Waals surface area contributed by atoms with E-state index in [1.165, 1.54) is 28.9 Å². The molecular formula is C20H17ClFN3O2. The fraction of sp³-hybridized carbons (Fsp3) is 0.150. The Bertz CT molecular complexity index is 1020. The monoisotopic (exact) mass is 385 g/mol. The summed E-state index contributed by atoms with van der Waals surface area (Å²) in [4.78, 5) is 25.0. The molecule has 0 bridgehead atoms. The molecule has 0 spiro atoms. The molecule has 0 fully saturated rings. The molecule has 3 rings (SSSR count). The SMILES string of the molecule is CC[C@H](C(=O)Nc1ccc(F)c(Cl)c1)n1nc(-c2ccccc2)ccc1=O. The molecular weight excluding hydrogens is 369 g/mol. The summed E-state index contributed by atoms with van der Waals surface area (Å²) < 4.78 is 14.5. The lowest BCUT2D eigenvalue weighted by Gasteiger charge is -2.17. The van der Waals surface area contributed by atoms with Crippen LogP contribution in [-0.2, 0) is 4.79 Å². The Morgan fingerprint density at radius 2 is 1.93 bits per heavy atom. The minimum atomic E-state index is -0.815. The van der Waals surface area contributed by atoms with E-state index in [2.05, 4.69) is 10.4 Å². The molecule has 0 radical (unpaired) electrons. The Morgan fingerprint density at radius 1 is 1.19 bits per heavy atom. The third-order valence-electron chi connectivity index (χ3n) is 4.07. The summed E-state index contributed by atoms with van der Waals surface area (Å²) in [7, 11) is 0. The number of nitrogens with zero attached hydrogens (tertiary/aromatic N) is 2. The van der Waals surface area contributed by atoms with Crippen molar-refractivity contribution in [3.05, 3.63) is 81.9 Å². The van der Waals surface area contributed by atoms with Gasteiger partial charge in [-0.3, -0.25) is 9.59 Å². The highest BCUT2D eigenvalue weighted by molar-refractivity contribution is 6.31. The van der Waals surface area contributed by atoms with Crippen LogP contribution in [0, 0.1) is 5.82 Å². The Kier molecular flexibility index (Phi) is 5.66. The Labute approximate surface area is 160 Å². The number of carbonyl (C=O) groups excluding carboxylic acids is 1. The van der Waals surface area contributed by atoms with E-state index in [0.29, 0.717) is 17.8 Å². The third kappa shape index (κ3) is 4.23. The zero-order valence-electron chi connectivity index (χ0n) is 14.5. The van der Waals surface area contributed by atoms with Crippen LogP contribution in [0.3, 0.4) is 0 Å². The van der Waals surface area contributed by atoms with E-state index in [1.807, 2.05) is 30.3 Å². The van der Waals surface area contributed by atoms with Gasteiger partial charge in [-0.05, 0) is 30.7 Å². The number of halogens is 2. The fourth-order valence-corrected chi connectivity index (χ4v) is 2.86. The normalized spacial score (nSPS) is 11.8. The van der Waals surface area contributed by atoms with Crippen LogP contribution in [0.5, 0.6) is 0 Å². The second-order valence-corrected chi connectivity index (χ2v) is 6.32. The average Bonchev–Trinajstić information content (AvgIpc) is 2.67. The van der Waals surface area contributed by atoms with Crippen LogP contribution in [0.1, 0.15) is 19.4 Å². The second-order valence-electron chi connectivity index (χ2n) is 5.91. The van der Waals surface area contributed by atoms with Crippen molar-refractivity contribution < 1.29 is 9.18 Å². The van der Waals surface area contributed by atoms with Gasteiger partial charge in [-0.2, -0.15) is 5.10 Å². The number of hydrogen-bond donors (Lipinski definition) is 1. The Balaban J connectivity index is 1.91. The molecule has 0 unspecified atom stereocenters. The van der Waals surface area contributed by atoms with Crippen LogP contribution in [-0.4, -0.2) is 15.7 Å². The van der Waals surface area contributed by atoms with E-state index in [0.717, 1.165) is 5.56 Å². The maximum Gasteiger partial charge on any atom is 0.267 e. The average molecular weight is 386 g/mol. The van der Waals surface area contributed by atoms with Crippen molar-refractivity contribution >= 4 is 23.2 Å². The molecule has 1 atom stereocenters. The van der Waals surface area contributed by atoms with Gasteiger partial charge in [0.1, 0.15) is 11.9 Å². The third-order valence-corrected chi connectivity index (χ3v) is 4.36. The summed E-state index contributed by atoms with van der Waals surface area (Å²) >= 11 is 5.75. The Morgan fingerprint density at radius 3 is 2.59 bits per heavy atom. The first-order valence-corrected chi connectivity index (χ1v) is 8.78. The molecule has 0 aliphatic heterocycles. The largest absolute Gasteiger partial charge is 0.324 e. The smallest absolute Gasteiger partial charge is 0.267 e. The molecule has 7 heteroatoms. The van der Waals surface area contributed by atoms with Crippen molar-refractivity contribution in [3.63, 3.8) is 0 Å². The quantitative estimate of drug-likeness (QED) is 0.712. The first kappa shape index (κ1) is 18.8. The summed E-state index contributed by atoms with van der Waals surface area (Å²) in [6.07, 6.45) is 0.353. The number of carbonyl (C=O) groups is 1. The molecule has 1 N–H and O–H groups in total. The zero-order valence-corrected chi connectivity index (χ0v) is 15.3. The number of aromatic nitrogens is 2. The first-order valence-electron chi connectivity index (χ1n) is 8.41. The van der Waals surface area contributed by atoms with Crippen molar-refractivity contribution in [2.24, 2.45) is 0 Å². The van der Waals surface area contributed by atoms with Gasteiger partial charge < -0.3 is 5.32 Å². The van der Waals surface area contributed by atoms with Crippen LogP contribution >= 0.6 is 11.6 Å². The van der Waals surface area contributed by atoms with Crippen LogP contribution in [0.2, 0.25) is 5.02 Å². The highest BCUT2D eigenvalue weighted by Crippen LogP contribution is 2.21. The first-order chi connectivity index (χ1) is 13.0. The lowest BCUT2D eigenvalue weighted by molar-refractivity contribution is -0.119. The standard InChI is InChI=1S/C20H17ClFN3O2/c1-2-18(20(27)23-14-8-9-16(22)15(21)12-14)25-19(26)11-10-17(24-25)13-6-4-3-5-7-13/h3-12,18H,2H2,1H3,(H,23,27)/t18-/m1/s1. The van der Waals surface area contributed by atoms with Crippen LogP contribution in [0.15, 0.2) is 65.5 Å². The maximum atomic E-state index is 13.3. The van der Waals surface area contributed by atoms with Gasteiger partial charge in [0.05, 0.1) is 10.7 Å². The minimum Gasteiger partial charge on any atom is -0.324 e. The fourth-order valence-electron chi connectivity index (χ4n) is 2.68. The molecule has 138 valence electrons. The lowest BCUT2D eigenvalue weighted by atomic mass is 10.1. The van der Waals surface area contributed by atoms with Crippen LogP contribution < -0.4 is 10.9 Å². The van der Waals surface area contributed by atoms with Gasteiger partial charge >= 0.3 is 0 Å². The summed E-state index contributed by atoms with van der Waals surface area (Å²) in [5.41, 5.74) is 1.39. The van der Waals surface area contributed by atoms with E-state index < -0.39 is 17.8 Å². The number of nitrogens with one attached hydrogen (secondary N) is 1. The summed E-state index contributed by atoms with van der Waals surface area (Å²) in [5.74, 6) is -1.00. The van der Waals surface area contributed by atoms with Gasteiger partial charge in [0.15, 0.2) is 0 Å². The van der Waals surface area contributed by atoms with Gasteiger partial charge in [-0.25, -0.2) is 9.07 Å². The molecule has 27 heavy (non-hydrogen) atoms. The topological polar surface area (TPSA) is 64.0 Å². The highest BCUT2D eigenvalue weighted by atomic mass is 35.5. The molecule has 1 aromatic heterocycles. The Hall–Kier alpha value is -2.99. The predicted octanol–water partition coefficient (Wildman–Crippen LogP) is 4.29. The van der Waals surface area contributed by atoms with E-state index in [9.17, 15) is 14.0 Å². The molecule has 0 saturated heterocycles. The van der Waals surface area contributed by atoms with Crippen LogP contribution in [0.25, 0.3) is 11.3 Å². The highest BCUT2D eigenvalue weighted by Gasteiger charge is 2.21. The van der Waals surface area contributed by atoms with E-state index >= 15 is 0 Å². The molecule has 3 aromatic rings. The van der Waals surface area contributed by atoms with E-state index in [1.54, 1.807) is 13.0 Å². The molecule has 1 amide bonds. The van der Waals surface area contributed by atoms with Gasteiger partial charge in [-0.1, -0.05) is 48.9 Å². The van der Waals surface area contributed by atoms with Crippen LogP contribution in [0.4, 0.5) is 10.1 Å². The maximum absolute atomic E-state index is 13.3. The summed E-state index contributed by atoms with van der Waals surface area (Å²) in [5, 5.41) is 6.93. The number of rotatable bonds is 5. The summed E-state index contributed by atoms with van der Waals surface area (Å²) in [6, 6.07) is 15.5. The van der Waals surface area contributed by atoms with Gasteiger partial charge in [0, 0.05) is 17.3 Å². The van der Waals surface area contributed by atoms with Crippen molar-refractivity contribution in [2.75, 3.05) is 5.32 Å². The molecule has 0 aliphatic rings. The number of benzene rings is 2. The minimum absolute atomic E-state index is 0.0952. The van der Waals surface area contributed by atoms with Crippen molar-refractivity contribution in [1.82, 2.24) is 9.78 Å². The number of amides is 1. The van der Waals surface area contributed by atoms with Gasteiger partial charge in [0.25, 0.3) is 5.56 Å². The molecule has 2 aromatic carbocycles. The van der Waals surface area contributed by atoms with Crippen molar-refractivity contribution in [2.45, 2.75) is 19.4 Å². The van der Waals surface area contributed by atoms with E-state index in [4.69, 9.17) is 11.6 Å². The number of hydrogen-bond acceptors (Lipinski definition) is 3. The molecule has 1 heterocycles. The predicted molar refractivity (Wildman–Crippen MR) is 103 cm³/mol. The van der Waals surface area contributed by atoms with Gasteiger partial charge in [-0.15, -0.1) is 0 Å². The number of anilines is 1. The zero-order chi connectivity index (χ0) is 19.4. The van der Waals surface area contributed by atoms with Crippen molar-refractivity contribution in [1.29, 1.82) is 0 Å². The molecule has 5 nitrogen and oxygen atoms in total. The second kappa shape index (κ2) is 8.14. The molecule has 0 saturated carbocycles. The lowest BCUT2D eigenvalue weighted by Crippen LogP contribution is -2.34. The van der Waals surface area contributed by atoms with Gasteiger partial charge in [0.2, 0.25) is 5.91 Å². The van der Waals surface area contributed by atoms with Crippen molar-refractivity contribution in [3.8, 4) is 11.3 Å². The van der Waals surface area contributed by atoms with E-state index in [-0.39, 0.29) is 10.6 Å². The molecule has 0 aliphatic carbocycles. The summed E-state index contributed by atoms with van der Waals surface area (Å²) in [6.45, 7) is 1.78.